The Balaban J connectivity index is 2.96. The summed E-state index contributed by atoms with van der Waals surface area (Å²) in [6.45, 7) is 6.28. The Morgan fingerprint density at radius 2 is 2.24 bits per heavy atom. The molecule has 0 saturated carbocycles. The van der Waals surface area contributed by atoms with Gasteiger partial charge in [0.05, 0.1) is 16.6 Å². The Morgan fingerprint density at radius 3 is 2.71 bits per heavy atom. The summed E-state index contributed by atoms with van der Waals surface area (Å²) in [5, 5.41) is 20.4. The molecule has 6 nitrogen and oxygen atoms in total. The van der Waals surface area contributed by atoms with Crippen LogP contribution in [-0.2, 0) is 0 Å². The molecule has 1 aromatic heterocycles. The molecule has 6 heteroatoms. The Morgan fingerprint density at radius 1 is 1.59 bits per heavy atom. The van der Waals surface area contributed by atoms with Crippen molar-refractivity contribution in [2.75, 3.05) is 18.0 Å². The molecule has 1 rings (SSSR count). The van der Waals surface area contributed by atoms with E-state index in [1.807, 2.05) is 6.92 Å². The average Bonchev–Trinajstić information content (AvgIpc) is 2.25. The first kappa shape index (κ1) is 13.4. The van der Waals surface area contributed by atoms with Crippen molar-refractivity contribution in [3.05, 3.63) is 28.4 Å². The molecule has 0 unspecified atom stereocenters. The van der Waals surface area contributed by atoms with Crippen molar-refractivity contribution in [1.82, 2.24) is 4.98 Å². The number of rotatable bonds is 5. The summed E-state index contributed by atoms with van der Waals surface area (Å²) >= 11 is 0. The van der Waals surface area contributed by atoms with E-state index in [1.165, 1.54) is 18.3 Å². The van der Waals surface area contributed by atoms with Crippen LogP contribution in [0.1, 0.15) is 20.8 Å². The van der Waals surface area contributed by atoms with Gasteiger partial charge in [0.1, 0.15) is 5.82 Å². The molecule has 1 aromatic rings. The van der Waals surface area contributed by atoms with Crippen LogP contribution in [0.25, 0.3) is 0 Å². The van der Waals surface area contributed by atoms with Gasteiger partial charge in [0.25, 0.3) is 5.69 Å². The number of nitro groups is 1. The van der Waals surface area contributed by atoms with Crippen molar-refractivity contribution in [2.45, 2.75) is 26.4 Å². The lowest BCUT2D eigenvalue weighted by atomic mass is 10.1. The van der Waals surface area contributed by atoms with Crippen molar-refractivity contribution in [1.29, 1.82) is 0 Å². The largest absolute Gasteiger partial charge is 0.389 e. The number of pyridine rings is 1. The van der Waals surface area contributed by atoms with Gasteiger partial charge in [0.15, 0.2) is 0 Å². The molecule has 0 aliphatic heterocycles. The maximum atomic E-state index is 10.7. The second-order valence-corrected chi connectivity index (χ2v) is 4.46. The zero-order chi connectivity index (χ0) is 13.1. The molecule has 0 radical (unpaired) electrons. The summed E-state index contributed by atoms with van der Waals surface area (Å²) in [5.74, 6) is 0.504. The molecule has 0 aliphatic rings. The molecular formula is C11H17N3O3. The fourth-order valence-corrected chi connectivity index (χ4v) is 1.52. The lowest BCUT2D eigenvalue weighted by Crippen LogP contribution is -2.39. The topological polar surface area (TPSA) is 79.5 Å². The van der Waals surface area contributed by atoms with Gasteiger partial charge in [-0.2, -0.15) is 0 Å². The highest BCUT2D eigenvalue weighted by molar-refractivity contribution is 5.46. The summed E-state index contributed by atoms with van der Waals surface area (Å²) < 4.78 is 0. The third-order valence-electron chi connectivity index (χ3n) is 2.22. The number of anilines is 1. The molecule has 17 heavy (non-hydrogen) atoms. The molecule has 1 heterocycles. The fourth-order valence-electron chi connectivity index (χ4n) is 1.52. The first-order chi connectivity index (χ1) is 7.83. The minimum atomic E-state index is -0.873. The maximum Gasteiger partial charge on any atom is 0.274 e. The summed E-state index contributed by atoms with van der Waals surface area (Å²) in [6.07, 6.45) is 1.40. The highest BCUT2D eigenvalue weighted by atomic mass is 16.6. The van der Waals surface area contributed by atoms with E-state index in [0.717, 1.165) is 0 Å². The van der Waals surface area contributed by atoms with Gasteiger partial charge in [-0.15, -0.1) is 0 Å². The second-order valence-electron chi connectivity index (χ2n) is 4.46. The third kappa shape index (κ3) is 3.99. The number of likely N-dealkylation sites (N-methyl/N-ethyl adjacent to an activating group) is 1. The first-order valence-corrected chi connectivity index (χ1v) is 5.41. The SMILES string of the molecule is CCN(CC(C)(C)O)c1cc([N+](=O)[O-])ccn1. The number of hydrogen-bond donors (Lipinski definition) is 1. The molecule has 0 aromatic carbocycles. The average molecular weight is 239 g/mol. The molecular weight excluding hydrogens is 222 g/mol. The molecule has 0 spiro atoms. The lowest BCUT2D eigenvalue weighted by Gasteiger charge is -2.28. The third-order valence-corrected chi connectivity index (χ3v) is 2.22. The van der Waals surface area contributed by atoms with Gasteiger partial charge < -0.3 is 10.0 Å². The highest BCUT2D eigenvalue weighted by Gasteiger charge is 2.19. The normalized spacial score (nSPS) is 11.3. The van der Waals surface area contributed by atoms with Crippen LogP contribution in [0.2, 0.25) is 0 Å². The van der Waals surface area contributed by atoms with Crippen LogP contribution in [0.4, 0.5) is 11.5 Å². The number of hydrogen-bond acceptors (Lipinski definition) is 5. The van der Waals surface area contributed by atoms with E-state index in [2.05, 4.69) is 4.98 Å². The van der Waals surface area contributed by atoms with Crippen LogP contribution in [0, 0.1) is 10.1 Å². The quantitative estimate of drug-likeness (QED) is 0.623. The van der Waals surface area contributed by atoms with Crippen molar-refractivity contribution in [3.8, 4) is 0 Å². The Labute approximate surface area is 100 Å². The Hall–Kier alpha value is -1.69. The number of aliphatic hydroxyl groups is 1. The molecule has 0 fully saturated rings. The van der Waals surface area contributed by atoms with E-state index in [9.17, 15) is 15.2 Å². The first-order valence-electron chi connectivity index (χ1n) is 5.41. The van der Waals surface area contributed by atoms with Crippen molar-refractivity contribution >= 4 is 11.5 Å². The van der Waals surface area contributed by atoms with Gasteiger partial charge in [-0.05, 0) is 20.8 Å². The van der Waals surface area contributed by atoms with Gasteiger partial charge in [-0.25, -0.2) is 4.98 Å². The van der Waals surface area contributed by atoms with Crippen LogP contribution in [0.15, 0.2) is 18.3 Å². The van der Waals surface area contributed by atoms with E-state index >= 15 is 0 Å². The molecule has 1 N–H and O–H groups in total. The monoisotopic (exact) mass is 239 g/mol. The van der Waals surface area contributed by atoms with Crippen LogP contribution < -0.4 is 4.90 Å². The Kier molecular flexibility index (Phi) is 4.01. The van der Waals surface area contributed by atoms with Gasteiger partial charge in [0, 0.05) is 25.4 Å². The summed E-state index contributed by atoms with van der Waals surface area (Å²) in [5.41, 5.74) is -0.869. The van der Waals surface area contributed by atoms with E-state index in [4.69, 9.17) is 0 Å². The van der Waals surface area contributed by atoms with Gasteiger partial charge >= 0.3 is 0 Å². The predicted octanol–water partition coefficient (Wildman–Crippen LogP) is 1.59. The molecule has 0 bridgehead atoms. The summed E-state index contributed by atoms with van der Waals surface area (Å²) in [4.78, 5) is 16.1. The number of aromatic nitrogens is 1. The van der Waals surface area contributed by atoms with E-state index in [-0.39, 0.29) is 5.69 Å². The van der Waals surface area contributed by atoms with Crippen molar-refractivity contribution in [3.63, 3.8) is 0 Å². The predicted molar refractivity (Wildman–Crippen MR) is 65.1 cm³/mol. The molecule has 94 valence electrons. The summed E-state index contributed by atoms with van der Waals surface area (Å²) in [7, 11) is 0. The molecule has 0 aliphatic carbocycles. The minimum absolute atomic E-state index is 0.00389. The zero-order valence-corrected chi connectivity index (χ0v) is 10.3. The number of nitrogens with zero attached hydrogens (tertiary/aromatic N) is 3. The maximum absolute atomic E-state index is 10.7. The van der Waals surface area contributed by atoms with Crippen molar-refractivity contribution < 1.29 is 10.0 Å². The van der Waals surface area contributed by atoms with E-state index < -0.39 is 10.5 Å². The molecule has 0 atom stereocenters. The fraction of sp³-hybridized carbons (Fsp3) is 0.545. The highest BCUT2D eigenvalue weighted by Crippen LogP contribution is 2.19. The van der Waals surface area contributed by atoms with Gasteiger partial charge in [-0.3, -0.25) is 10.1 Å². The van der Waals surface area contributed by atoms with Crippen LogP contribution in [-0.4, -0.2) is 33.7 Å². The standard InChI is InChI=1S/C11H17N3O3/c1-4-13(8-11(2,3)15)10-7-9(14(16)17)5-6-12-10/h5-7,15H,4,8H2,1-3H3. The van der Waals surface area contributed by atoms with Gasteiger partial charge in [-0.1, -0.05) is 0 Å². The molecule has 0 amide bonds. The smallest absolute Gasteiger partial charge is 0.274 e. The van der Waals surface area contributed by atoms with E-state index in [1.54, 1.807) is 18.7 Å². The van der Waals surface area contributed by atoms with Crippen LogP contribution >= 0.6 is 0 Å². The summed E-state index contributed by atoms with van der Waals surface area (Å²) in [6, 6.07) is 2.76. The van der Waals surface area contributed by atoms with Crippen LogP contribution in [0.5, 0.6) is 0 Å². The lowest BCUT2D eigenvalue weighted by molar-refractivity contribution is -0.384. The second kappa shape index (κ2) is 5.09. The van der Waals surface area contributed by atoms with Gasteiger partial charge in [0.2, 0.25) is 0 Å². The van der Waals surface area contributed by atoms with Crippen molar-refractivity contribution in [2.24, 2.45) is 0 Å². The molecule has 0 saturated heterocycles. The Bertz CT molecular complexity index is 401. The van der Waals surface area contributed by atoms with Crippen LogP contribution in [0.3, 0.4) is 0 Å². The van der Waals surface area contributed by atoms with E-state index in [0.29, 0.717) is 18.9 Å². The minimum Gasteiger partial charge on any atom is -0.389 e. The zero-order valence-electron chi connectivity index (χ0n) is 10.3.